The maximum Gasteiger partial charge on any atom is 0.253 e. The van der Waals surface area contributed by atoms with Gasteiger partial charge in [0, 0.05) is 55.8 Å². The maximum atomic E-state index is 12.9. The summed E-state index contributed by atoms with van der Waals surface area (Å²) in [5.41, 5.74) is 3.87. The number of aromatic amines is 1. The predicted molar refractivity (Wildman–Crippen MR) is 131 cm³/mol. The number of pyridine rings is 1. The molecule has 0 bridgehead atoms. The zero-order valence-electron chi connectivity index (χ0n) is 19.1. The van der Waals surface area contributed by atoms with E-state index in [0.717, 1.165) is 86.4 Å². The van der Waals surface area contributed by atoms with Crippen LogP contribution in [0.3, 0.4) is 0 Å². The standard InChI is InChI=1S/C24H34N4O3S/c1-17-12-18(2)21-14-19(23(29)26-22(21)13-17)16-28(6-5-27-7-10-30-11-8-27)24(32)25-15-20-4-3-9-31-20/h12-14,20H,3-11,15-16H2,1-2H3,(H,25,32)(H,26,29). The molecule has 7 nitrogen and oxygen atoms in total. The Hall–Kier alpha value is -2.00. The molecule has 8 heteroatoms. The van der Waals surface area contributed by atoms with Crippen LogP contribution < -0.4 is 10.9 Å². The number of hydrogen-bond acceptors (Lipinski definition) is 5. The summed E-state index contributed by atoms with van der Waals surface area (Å²) in [7, 11) is 0. The fourth-order valence-electron chi connectivity index (χ4n) is 4.50. The Labute approximate surface area is 195 Å². The van der Waals surface area contributed by atoms with Gasteiger partial charge in [-0.3, -0.25) is 9.69 Å². The van der Waals surface area contributed by atoms with E-state index in [1.54, 1.807) is 0 Å². The number of nitrogens with one attached hydrogen (secondary N) is 2. The molecule has 0 radical (unpaired) electrons. The zero-order valence-corrected chi connectivity index (χ0v) is 19.9. The number of aryl methyl sites for hydroxylation is 2. The van der Waals surface area contributed by atoms with Crippen LogP contribution in [0.5, 0.6) is 0 Å². The first-order chi connectivity index (χ1) is 15.5. The maximum absolute atomic E-state index is 12.9. The fourth-order valence-corrected chi connectivity index (χ4v) is 4.74. The number of nitrogens with zero attached hydrogens (tertiary/aromatic N) is 2. The van der Waals surface area contributed by atoms with Crippen LogP contribution in [0.1, 0.15) is 29.5 Å². The van der Waals surface area contributed by atoms with Crippen LogP contribution in [0.15, 0.2) is 23.0 Å². The van der Waals surface area contributed by atoms with E-state index in [2.05, 4.69) is 33.1 Å². The van der Waals surface area contributed by atoms with E-state index in [0.29, 0.717) is 18.2 Å². The number of H-pyrrole nitrogens is 1. The molecule has 174 valence electrons. The Morgan fingerprint density at radius 1 is 1.25 bits per heavy atom. The van der Waals surface area contributed by atoms with E-state index in [1.165, 1.54) is 0 Å². The Bertz CT molecular complexity index is 997. The largest absolute Gasteiger partial charge is 0.379 e. The number of fused-ring (bicyclic) bond motifs is 1. The van der Waals surface area contributed by atoms with E-state index in [4.69, 9.17) is 21.7 Å². The second kappa shape index (κ2) is 10.7. The number of morpholine rings is 1. The zero-order chi connectivity index (χ0) is 22.5. The lowest BCUT2D eigenvalue weighted by Crippen LogP contribution is -2.47. The first kappa shape index (κ1) is 23.2. The van der Waals surface area contributed by atoms with E-state index < -0.39 is 0 Å². The molecule has 0 saturated carbocycles. The normalized spacial score (nSPS) is 19.4. The van der Waals surface area contributed by atoms with Crippen molar-refractivity contribution in [3.05, 3.63) is 45.2 Å². The lowest BCUT2D eigenvalue weighted by atomic mass is 10.0. The van der Waals surface area contributed by atoms with Gasteiger partial charge in [-0.05, 0) is 62.2 Å². The molecule has 1 atom stereocenters. The first-order valence-corrected chi connectivity index (χ1v) is 12.0. The fraction of sp³-hybridized carbons (Fsp3) is 0.583. The molecule has 2 saturated heterocycles. The summed E-state index contributed by atoms with van der Waals surface area (Å²) >= 11 is 5.76. The SMILES string of the molecule is Cc1cc(C)c2cc(CN(CCN3CCOCC3)C(=S)NCC3CCCO3)c(=O)[nH]c2c1. The molecular weight excluding hydrogens is 424 g/mol. The lowest BCUT2D eigenvalue weighted by Gasteiger charge is -2.31. The minimum Gasteiger partial charge on any atom is -0.379 e. The van der Waals surface area contributed by atoms with Crippen molar-refractivity contribution in [1.82, 2.24) is 20.1 Å². The van der Waals surface area contributed by atoms with Gasteiger partial charge in [0.05, 0.1) is 25.9 Å². The molecular formula is C24H34N4O3S. The third-order valence-electron chi connectivity index (χ3n) is 6.33. The summed E-state index contributed by atoms with van der Waals surface area (Å²) in [5, 5.41) is 5.14. The summed E-state index contributed by atoms with van der Waals surface area (Å²) in [6.45, 7) is 11.2. The van der Waals surface area contributed by atoms with E-state index in [1.807, 2.05) is 19.1 Å². The van der Waals surface area contributed by atoms with Gasteiger partial charge in [-0.15, -0.1) is 0 Å². The Balaban J connectivity index is 1.50. The molecule has 2 aliphatic rings. The molecule has 1 aromatic carbocycles. The van der Waals surface area contributed by atoms with E-state index >= 15 is 0 Å². The average Bonchev–Trinajstić information content (AvgIpc) is 3.30. The highest BCUT2D eigenvalue weighted by Crippen LogP contribution is 2.19. The van der Waals surface area contributed by atoms with Crippen molar-refractivity contribution >= 4 is 28.2 Å². The molecule has 3 heterocycles. The molecule has 32 heavy (non-hydrogen) atoms. The number of benzene rings is 1. The van der Waals surface area contributed by atoms with Gasteiger partial charge >= 0.3 is 0 Å². The summed E-state index contributed by atoms with van der Waals surface area (Å²) in [4.78, 5) is 20.5. The van der Waals surface area contributed by atoms with Gasteiger partial charge < -0.3 is 24.7 Å². The average molecular weight is 459 g/mol. The van der Waals surface area contributed by atoms with Gasteiger partial charge in [0.1, 0.15) is 0 Å². The number of aromatic nitrogens is 1. The third-order valence-corrected chi connectivity index (χ3v) is 6.74. The van der Waals surface area contributed by atoms with Crippen LogP contribution in [0.4, 0.5) is 0 Å². The van der Waals surface area contributed by atoms with Crippen LogP contribution in [0, 0.1) is 13.8 Å². The highest BCUT2D eigenvalue weighted by molar-refractivity contribution is 7.80. The third kappa shape index (κ3) is 5.86. The van der Waals surface area contributed by atoms with Gasteiger partial charge in [0.2, 0.25) is 0 Å². The minimum absolute atomic E-state index is 0.0548. The van der Waals surface area contributed by atoms with Crippen molar-refractivity contribution < 1.29 is 9.47 Å². The summed E-state index contributed by atoms with van der Waals surface area (Å²) in [6.07, 6.45) is 2.38. The van der Waals surface area contributed by atoms with Crippen LogP contribution in [0.2, 0.25) is 0 Å². The number of rotatable bonds is 7. The Kier molecular flexibility index (Phi) is 7.78. The summed E-state index contributed by atoms with van der Waals surface area (Å²) < 4.78 is 11.2. The van der Waals surface area contributed by atoms with Gasteiger partial charge in [-0.1, -0.05) is 6.07 Å². The van der Waals surface area contributed by atoms with Crippen LogP contribution in [0.25, 0.3) is 10.9 Å². The molecule has 2 N–H and O–H groups in total. The predicted octanol–water partition coefficient (Wildman–Crippen LogP) is 2.33. The highest BCUT2D eigenvalue weighted by Gasteiger charge is 2.20. The molecule has 1 unspecified atom stereocenters. The number of ether oxygens (including phenoxy) is 2. The summed E-state index contributed by atoms with van der Waals surface area (Å²) in [6, 6.07) is 6.19. The van der Waals surface area contributed by atoms with Crippen molar-refractivity contribution in [2.75, 3.05) is 52.5 Å². The number of hydrogen-bond donors (Lipinski definition) is 2. The van der Waals surface area contributed by atoms with Crippen molar-refractivity contribution in [3.8, 4) is 0 Å². The van der Waals surface area contributed by atoms with Crippen LogP contribution in [-0.4, -0.2) is 78.5 Å². The van der Waals surface area contributed by atoms with Crippen molar-refractivity contribution in [1.29, 1.82) is 0 Å². The highest BCUT2D eigenvalue weighted by atomic mass is 32.1. The Morgan fingerprint density at radius 3 is 2.81 bits per heavy atom. The quantitative estimate of drug-likeness (QED) is 0.617. The molecule has 2 aromatic rings. The van der Waals surface area contributed by atoms with E-state index in [-0.39, 0.29) is 11.7 Å². The molecule has 2 aliphatic heterocycles. The molecule has 4 rings (SSSR count). The second-order valence-electron chi connectivity index (χ2n) is 8.86. The molecule has 0 aliphatic carbocycles. The van der Waals surface area contributed by atoms with Crippen molar-refractivity contribution in [2.45, 2.75) is 39.3 Å². The topological polar surface area (TPSA) is 69.8 Å². The molecule has 0 spiro atoms. The smallest absolute Gasteiger partial charge is 0.253 e. The molecule has 1 aromatic heterocycles. The van der Waals surface area contributed by atoms with Gasteiger partial charge in [-0.2, -0.15) is 0 Å². The lowest BCUT2D eigenvalue weighted by molar-refractivity contribution is 0.0356. The summed E-state index contributed by atoms with van der Waals surface area (Å²) in [5.74, 6) is 0. The van der Waals surface area contributed by atoms with Gasteiger partial charge in [0.15, 0.2) is 5.11 Å². The Morgan fingerprint density at radius 2 is 2.06 bits per heavy atom. The van der Waals surface area contributed by atoms with Crippen molar-refractivity contribution in [3.63, 3.8) is 0 Å². The first-order valence-electron chi connectivity index (χ1n) is 11.6. The monoisotopic (exact) mass is 458 g/mol. The molecule has 0 amide bonds. The molecule has 2 fully saturated rings. The van der Waals surface area contributed by atoms with Crippen molar-refractivity contribution in [2.24, 2.45) is 0 Å². The van der Waals surface area contributed by atoms with Crippen LogP contribution >= 0.6 is 12.2 Å². The number of thiocarbonyl (C=S) groups is 1. The van der Waals surface area contributed by atoms with E-state index in [9.17, 15) is 4.79 Å². The second-order valence-corrected chi connectivity index (χ2v) is 9.25. The van der Waals surface area contributed by atoms with Crippen LogP contribution in [-0.2, 0) is 16.0 Å². The van der Waals surface area contributed by atoms with Gasteiger partial charge in [-0.25, -0.2) is 0 Å². The minimum atomic E-state index is -0.0548. The van der Waals surface area contributed by atoms with Gasteiger partial charge in [0.25, 0.3) is 5.56 Å².